The van der Waals surface area contributed by atoms with Crippen molar-refractivity contribution < 1.29 is 4.74 Å². The number of nitrogens with two attached hydrogens (primary N) is 1. The predicted molar refractivity (Wildman–Crippen MR) is 64.8 cm³/mol. The van der Waals surface area contributed by atoms with E-state index < -0.39 is 0 Å². The van der Waals surface area contributed by atoms with E-state index >= 15 is 0 Å². The Labute approximate surface area is 94.6 Å². The average Bonchev–Trinajstić information content (AvgIpc) is 2.26. The van der Waals surface area contributed by atoms with Crippen molar-refractivity contribution in [3.05, 3.63) is 0 Å². The molecule has 90 valence electrons. The van der Waals surface area contributed by atoms with Crippen molar-refractivity contribution in [2.75, 3.05) is 13.7 Å². The van der Waals surface area contributed by atoms with Crippen LogP contribution in [0.3, 0.4) is 0 Å². The Bertz CT molecular complexity index is 179. The average molecular weight is 213 g/mol. The van der Waals surface area contributed by atoms with E-state index in [-0.39, 0.29) is 5.54 Å². The Hall–Kier alpha value is -0.0800. The fourth-order valence-corrected chi connectivity index (χ4v) is 3.07. The summed E-state index contributed by atoms with van der Waals surface area (Å²) in [5.41, 5.74) is 6.43. The van der Waals surface area contributed by atoms with Gasteiger partial charge in [-0.25, -0.2) is 0 Å². The molecule has 0 aromatic rings. The summed E-state index contributed by atoms with van der Waals surface area (Å²) in [7, 11) is 1.76. The van der Waals surface area contributed by atoms with Crippen molar-refractivity contribution >= 4 is 0 Å². The van der Waals surface area contributed by atoms with Crippen molar-refractivity contribution in [2.24, 2.45) is 17.6 Å². The Kier molecular flexibility index (Phi) is 5.07. The molecule has 2 heteroatoms. The molecule has 0 bridgehead atoms. The van der Waals surface area contributed by atoms with Crippen LogP contribution in [0, 0.1) is 11.8 Å². The molecular weight excluding hydrogens is 186 g/mol. The van der Waals surface area contributed by atoms with Gasteiger partial charge in [0.25, 0.3) is 0 Å². The summed E-state index contributed by atoms with van der Waals surface area (Å²) in [6.07, 6.45) is 7.72. The summed E-state index contributed by atoms with van der Waals surface area (Å²) < 4.78 is 5.16. The number of ether oxygens (including phenoxy) is 1. The van der Waals surface area contributed by atoms with E-state index in [4.69, 9.17) is 10.5 Å². The summed E-state index contributed by atoms with van der Waals surface area (Å²) in [5, 5.41) is 0. The first-order valence-electron chi connectivity index (χ1n) is 6.39. The lowest BCUT2D eigenvalue weighted by atomic mass is 9.67. The Morgan fingerprint density at radius 2 is 2.00 bits per heavy atom. The van der Waals surface area contributed by atoms with Crippen molar-refractivity contribution in [2.45, 2.75) is 57.9 Å². The lowest BCUT2D eigenvalue weighted by Gasteiger charge is -2.42. The molecule has 1 aliphatic rings. The quantitative estimate of drug-likeness (QED) is 0.762. The largest absolute Gasteiger partial charge is 0.385 e. The fourth-order valence-electron chi connectivity index (χ4n) is 3.07. The van der Waals surface area contributed by atoms with Gasteiger partial charge in [0.15, 0.2) is 0 Å². The molecular formula is C13H27NO. The maximum Gasteiger partial charge on any atom is 0.0479 e. The molecule has 15 heavy (non-hydrogen) atoms. The third-order valence-electron chi connectivity index (χ3n) is 4.13. The van der Waals surface area contributed by atoms with Gasteiger partial charge in [0.05, 0.1) is 0 Å². The van der Waals surface area contributed by atoms with E-state index in [1.165, 1.54) is 32.1 Å². The molecule has 0 aliphatic heterocycles. The van der Waals surface area contributed by atoms with Gasteiger partial charge >= 0.3 is 0 Å². The second-order valence-electron chi connectivity index (χ2n) is 5.31. The smallest absolute Gasteiger partial charge is 0.0479 e. The van der Waals surface area contributed by atoms with E-state index in [0.717, 1.165) is 18.9 Å². The van der Waals surface area contributed by atoms with E-state index in [9.17, 15) is 0 Å². The van der Waals surface area contributed by atoms with E-state index in [2.05, 4.69) is 13.8 Å². The SMILES string of the molecule is CCC1CCCCC1C(C)(N)CCOC. The minimum Gasteiger partial charge on any atom is -0.385 e. The second-order valence-corrected chi connectivity index (χ2v) is 5.31. The zero-order valence-corrected chi connectivity index (χ0v) is 10.6. The zero-order chi connectivity index (χ0) is 11.3. The van der Waals surface area contributed by atoms with Gasteiger partial charge in [-0.15, -0.1) is 0 Å². The van der Waals surface area contributed by atoms with E-state index in [1.54, 1.807) is 7.11 Å². The molecule has 3 unspecified atom stereocenters. The lowest BCUT2D eigenvalue weighted by Crippen LogP contribution is -2.49. The Morgan fingerprint density at radius 3 is 2.60 bits per heavy atom. The molecule has 2 nitrogen and oxygen atoms in total. The molecule has 0 saturated heterocycles. The van der Waals surface area contributed by atoms with E-state index in [0.29, 0.717) is 5.92 Å². The first-order chi connectivity index (χ1) is 7.11. The number of rotatable bonds is 5. The lowest BCUT2D eigenvalue weighted by molar-refractivity contribution is 0.0977. The number of hydrogen-bond donors (Lipinski definition) is 1. The van der Waals surface area contributed by atoms with Crippen molar-refractivity contribution in [3.8, 4) is 0 Å². The van der Waals surface area contributed by atoms with Gasteiger partial charge in [0.2, 0.25) is 0 Å². The standard InChI is InChI=1S/C13H27NO/c1-4-11-7-5-6-8-12(11)13(2,14)9-10-15-3/h11-12H,4-10,14H2,1-3H3. The normalized spacial score (nSPS) is 31.2. The first-order valence-corrected chi connectivity index (χ1v) is 6.39. The molecule has 0 spiro atoms. The summed E-state index contributed by atoms with van der Waals surface area (Å²) in [5.74, 6) is 1.54. The molecule has 0 aromatic carbocycles. The van der Waals surface area contributed by atoms with Gasteiger partial charge in [-0.1, -0.05) is 32.6 Å². The molecule has 0 amide bonds. The van der Waals surface area contributed by atoms with Crippen LogP contribution in [0.1, 0.15) is 52.4 Å². The van der Waals surface area contributed by atoms with Crippen LogP contribution in [0.25, 0.3) is 0 Å². The predicted octanol–water partition coefficient (Wildman–Crippen LogP) is 2.96. The zero-order valence-electron chi connectivity index (χ0n) is 10.6. The number of hydrogen-bond acceptors (Lipinski definition) is 2. The third-order valence-corrected chi connectivity index (χ3v) is 4.13. The summed E-state index contributed by atoms with van der Waals surface area (Å²) in [6.45, 7) is 5.31. The van der Waals surface area contributed by atoms with Crippen LogP contribution in [0.15, 0.2) is 0 Å². The molecule has 3 atom stereocenters. The van der Waals surface area contributed by atoms with Crippen LogP contribution in [0.2, 0.25) is 0 Å². The van der Waals surface area contributed by atoms with Crippen LogP contribution in [0.4, 0.5) is 0 Å². The van der Waals surface area contributed by atoms with Crippen LogP contribution in [-0.4, -0.2) is 19.3 Å². The van der Waals surface area contributed by atoms with Gasteiger partial charge in [0, 0.05) is 19.3 Å². The van der Waals surface area contributed by atoms with Crippen LogP contribution in [0.5, 0.6) is 0 Å². The highest BCUT2D eigenvalue weighted by molar-refractivity contribution is 4.92. The summed E-state index contributed by atoms with van der Waals surface area (Å²) >= 11 is 0. The third kappa shape index (κ3) is 3.46. The van der Waals surface area contributed by atoms with Gasteiger partial charge in [-0.3, -0.25) is 0 Å². The summed E-state index contributed by atoms with van der Waals surface area (Å²) in [6, 6.07) is 0. The fraction of sp³-hybridized carbons (Fsp3) is 1.00. The Balaban J connectivity index is 2.56. The highest BCUT2D eigenvalue weighted by Gasteiger charge is 2.36. The van der Waals surface area contributed by atoms with Crippen molar-refractivity contribution in [1.82, 2.24) is 0 Å². The Morgan fingerprint density at radius 1 is 1.33 bits per heavy atom. The molecule has 1 aliphatic carbocycles. The van der Waals surface area contributed by atoms with Crippen LogP contribution >= 0.6 is 0 Å². The summed E-state index contributed by atoms with van der Waals surface area (Å²) in [4.78, 5) is 0. The highest BCUT2D eigenvalue weighted by atomic mass is 16.5. The maximum atomic E-state index is 6.46. The van der Waals surface area contributed by atoms with Gasteiger partial charge in [-0.05, 0) is 31.6 Å². The first kappa shape index (κ1) is 13.0. The van der Waals surface area contributed by atoms with Gasteiger partial charge in [-0.2, -0.15) is 0 Å². The topological polar surface area (TPSA) is 35.2 Å². The molecule has 0 aromatic heterocycles. The molecule has 0 heterocycles. The molecule has 0 radical (unpaired) electrons. The minimum absolute atomic E-state index is 0.0306. The monoisotopic (exact) mass is 213 g/mol. The van der Waals surface area contributed by atoms with Crippen molar-refractivity contribution in [1.29, 1.82) is 0 Å². The van der Waals surface area contributed by atoms with Crippen molar-refractivity contribution in [3.63, 3.8) is 0 Å². The second kappa shape index (κ2) is 5.86. The number of methoxy groups -OCH3 is 1. The van der Waals surface area contributed by atoms with Crippen LogP contribution < -0.4 is 5.73 Å². The van der Waals surface area contributed by atoms with Crippen LogP contribution in [-0.2, 0) is 4.74 Å². The molecule has 2 N–H and O–H groups in total. The van der Waals surface area contributed by atoms with Gasteiger partial charge in [0.1, 0.15) is 0 Å². The van der Waals surface area contributed by atoms with Gasteiger partial charge < -0.3 is 10.5 Å². The molecule has 1 saturated carbocycles. The molecule has 1 fully saturated rings. The highest BCUT2D eigenvalue weighted by Crippen LogP contribution is 2.39. The van der Waals surface area contributed by atoms with E-state index in [1.807, 2.05) is 0 Å². The minimum atomic E-state index is -0.0306. The maximum absolute atomic E-state index is 6.46. The molecule has 1 rings (SSSR count).